The summed E-state index contributed by atoms with van der Waals surface area (Å²) >= 11 is 0. The maximum Gasteiger partial charge on any atom is 0.244 e. The zero-order chi connectivity index (χ0) is 14.8. The molecule has 0 aliphatic heterocycles. The van der Waals surface area contributed by atoms with Gasteiger partial charge in [-0.1, -0.05) is 12.1 Å². The SMILES string of the molecule is Cc1[nH]nc(CN)c1S(=O)(=O)NCc1cccc(F)c1. The van der Waals surface area contributed by atoms with Crippen molar-refractivity contribution in [2.24, 2.45) is 5.73 Å². The Bertz CT molecular complexity index is 712. The molecule has 1 heterocycles. The van der Waals surface area contributed by atoms with Crippen molar-refractivity contribution in [1.29, 1.82) is 0 Å². The van der Waals surface area contributed by atoms with Crippen molar-refractivity contribution in [2.75, 3.05) is 0 Å². The lowest BCUT2D eigenvalue weighted by Gasteiger charge is -2.07. The van der Waals surface area contributed by atoms with E-state index in [2.05, 4.69) is 14.9 Å². The number of aromatic nitrogens is 2. The van der Waals surface area contributed by atoms with Crippen LogP contribution >= 0.6 is 0 Å². The molecule has 108 valence electrons. The Morgan fingerprint density at radius 1 is 1.45 bits per heavy atom. The Morgan fingerprint density at radius 3 is 2.85 bits per heavy atom. The molecule has 0 amide bonds. The van der Waals surface area contributed by atoms with E-state index in [1.807, 2.05) is 0 Å². The van der Waals surface area contributed by atoms with E-state index in [1.54, 1.807) is 13.0 Å². The number of aromatic amines is 1. The fourth-order valence-electron chi connectivity index (χ4n) is 1.86. The molecule has 0 spiro atoms. The largest absolute Gasteiger partial charge is 0.325 e. The second-order valence-electron chi connectivity index (χ2n) is 4.28. The number of benzene rings is 1. The topological polar surface area (TPSA) is 101 Å². The van der Waals surface area contributed by atoms with E-state index in [1.165, 1.54) is 18.2 Å². The molecule has 0 fully saturated rings. The molecule has 0 bridgehead atoms. The first-order valence-corrected chi connectivity index (χ1v) is 7.40. The number of rotatable bonds is 5. The number of hydrogen-bond donors (Lipinski definition) is 3. The number of nitrogens with one attached hydrogen (secondary N) is 2. The number of nitrogens with zero attached hydrogens (tertiary/aromatic N) is 1. The van der Waals surface area contributed by atoms with Gasteiger partial charge in [-0.05, 0) is 24.6 Å². The van der Waals surface area contributed by atoms with Gasteiger partial charge in [0.2, 0.25) is 10.0 Å². The molecule has 0 saturated heterocycles. The summed E-state index contributed by atoms with van der Waals surface area (Å²) in [6.07, 6.45) is 0. The summed E-state index contributed by atoms with van der Waals surface area (Å²) in [5.41, 5.74) is 6.68. The Hall–Kier alpha value is -1.77. The molecule has 20 heavy (non-hydrogen) atoms. The van der Waals surface area contributed by atoms with Gasteiger partial charge in [0.1, 0.15) is 10.7 Å². The number of nitrogens with two attached hydrogens (primary N) is 1. The van der Waals surface area contributed by atoms with E-state index in [4.69, 9.17) is 5.73 Å². The molecule has 1 aromatic heterocycles. The van der Waals surface area contributed by atoms with Crippen LogP contribution in [0.3, 0.4) is 0 Å². The Labute approximate surface area is 116 Å². The van der Waals surface area contributed by atoms with Crippen molar-refractivity contribution < 1.29 is 12.8 Å². The van der Waals surface area contributed by atoms with Gasteiger partial charge < -0.3 is 5.73 Å². The first kappa shape index (κ1) is 14.6. The zero-order valence-corrected chi connectivity index (χ0v) is 11.7. The highest BCUT2D eigenvalue weighted by molar-refractivity contribution is 7.89. The molecule has 4 N–H and O–H groups in total. The molecule has 0 unspecified atom stereocenters. The van der Waals surface area contributed by atoms with Gasteiger partial charge >= 0.3 is 0 Å². The number of hydrogen-bond acceptors (Lipinski definition) is 4. The van der Waals surface area contributed by atoms with Crippen LogP contribution in [0.25, 0.3) is 0 Å². The van der Waals surface area contributed by atoms with Gasteiger partial charge in [-0.15, -0.1) is 0 Å². The van der Waals surface area contributed by atoms with Crippen LogP contribution in [0.15, 0.2) is 29.2 Å². The van der Waals surface area contributed by atoms with Gasteiger partial charge in [0.25, 0.3) is 0 Å². The maximum absolute atomic E-state index is 13.0. The predicted molar refractivity (Wildman–Crippen MR) is 71.6 cm³/mol. The van der Waals surface area contributed by atoms with Crippen LogP contribution in [0.2, 0.25) is 0 Å². The van der Waals surface area contributed by atoms with Gasteiger partial charge in [-0.2, -0.15) is 5.10 Å². The minimum absolute atomic E-state index is 0.00523. The van der Waals surface area contributed by atoms with Gasteiger partial charge in [-0.3, -0.25) is 5.10 Å². The van der Waals surface area contributed by atoms with Crippen molar-refractivity contribution in [3.63, 3.8) is 0 Å². The van der Waals surface area contributed by atoms with Crippen LogP contribution in [-0.4, -0.2) is 18.6 Å². The minimum atomic E-state index is -3.75. The third kappa shape index (κ3) is 3.03. The van der Waals surface area contributed by atoms with E-state index in [9.17, 15) is 12.8 Å². The molecule has 0 atom stereocenters. The van der Waals surface area contributed by atoms with Crippen molar-refractivity contribution in [3.05, 3.63) is 47.0 Å². The van der Waals surface area contributed by atoms with Crippen molar-refractivity contribution in [2.45, 2.75) is 24.9 Å². The first-order valence-electron chi connectivity index (χ1n) is 5.92. The summed E-state index contributed by atoms with van der Waals surface area (Å²) in [5, 5.41) is 6.43. The summed E-state index contributed by atoms with van der Waals surface area (Å²) in [5.74, 6) is -0.413. The van der Waals surface area contributed by atoms with Gasteiger partial charge in [-0.25, -0.2) is 17.5 Å². The average Bonchev–Trinajstić information content (AvgIpc) is 2.78. The monoisotopic (exact) mass is 298 g/mol. The van der Waals surface area contributed by atoms with Gasteiger partial charge in [0.05, 0.1) is 11.4 Å². The second kappa shape index (κ2) is 5.70. The number of sulfonamides is 1. The van der Waals surface area contributed by atoms with E-state index in [0.717, 1.165) is 0 Å². The Balaban J connectivity index is 2.21. The van der Waals surface area contributed by atoms with E-state index < -0.39 is 15.8 Å². The van der Waals surface area contributed by atoms with Crippen LogP contribution in [0.5, 0.6) is 0 Å². The highest BCUT2D eigenvalue weighted by atomic mass is 32.2. The standard InChI is InChI=1S/C12H15FN4O2S/c1-8-12(11(6-14)17-16-8)20(18,19)15-7-9-3-2-4-10(13)5-9/h2-5,15H,6-7,14H2,1H3,(H,16,17). The lowest BCUT2D eigenvalue weighted by atomic mass is 10.2. The van der Waals surface area contributed by atoms with E-state index in [0.29, 0.717) is 11.3 Å². The molecule has 0 aliphatic carbocycles. The predicted octanol–water partition coefficient (Wildman–Crippen LogP) is 0.794. The van der Waals surface area contributed by atoms with Crippen LogP contribution in [0.4, 0.5) is 4.39 Å². The Morgan fingerprint density at radius 2 is 2.20 bits per heavy atom. The smallest absolute Gasteiger partial charge is 0.244 e. The highest BCUT2D eigenvalue weighted by Gasteiger charge is 2.23. The summed E-state index contributed by atoms with van der Waals surface area (Å²) < 4.78 is 39.9. The van der Waals surface area contributed by atoms with Crippen molar-refractivity contribution in [3.8, 4) is 0 Å². The third-order valence-corrected chi connectivity index (χ3v) is 4.38. The molecule has 0 radical (unpaired) electrons. The summed E-state index contributed by atoms with van der Waals surface area (Å²) in [4.78, 5) is 0.0522. The lowest BCUT2D eigenvalue weighted by molar-refractivity contribution is 0.578. The van der Waals surface area contributed by atoms with Gasteiger partial charge in [0.15, 0.2) is 0 Å². The van der Waals surface area contributed by atoms with Gasteiger partial charge in [0, 0.05) is 13.1 Å². The molecule has 0 saturated carbocycles. The van der Waals surface area contributed by atoms with Crippen LogP contribution < -0.4 is 10.5 Å². The average molecular weight is 298 g/mol. The number of halogens is 1. The molecule has 2 aromatic rings. The quantitative estimate of drug-likeness (QED) is 0.759. The second-order valence-corrected chi connectivity index (χ2v) is 5.99. The van der Waals surface area contributed by atoms with E-state index in [-0.39, 0.29) is 23.7 Å². The summed E-state index contributed by atoms with van der Waals surface area (Å²) in [6.45, 7) is 1.61. The molecular weight excluding hydrogens is 283 g/mol. The number of H-pyrrole nitrogens is 1. The normalized spacial score (nSPS) is 11.8. The molecular formula is C12H15FN4O2S. The van der Waals surface area contributed by atoms with Crippen LogP contribution in [0.1, 0.15) is 17.0 Å². The fraction of sp³-hybridized carbons (Fsp3) is 0.250. The van der Waals surface area contributed by atoms with Crippen LogP contribution in [0, 0.1) is 12.7 Å². The number of aryl methyl sites for hydroxylation is 1. The highest BCUT2D eigenvalue weighted by Crippen LogP contribution is 2.17. The maximum atomic E-state index is 13.0. The minimum Gasteiger partial charge on any atom is -0.325 e. The molecule has 0 aliphatic rings. The lowest BCUT2D eigenvalue weighted by Crippen LogP contribution is -2.25. The zero-order valence-electron chi connectivity index (χ0n) is 10.9. The van der Waals surface area contributed by atoms with Crippen LogP contribution in [-0.2, 0) is 23.1 Å². The van der Waals surface area contributed by atoms with E-state index >= 15 is 0 Å². The summed E-state index contributed by atoms with van der Waals surface area (Å²) in [7, 11) is -3.75. The van der Waals surface area contributed by atoms with Crippen molar-refractivity contribution in [1.82, 2.24) is 14.9 Å². The molecule has 6 nitrogen and oxygen atoms in total. The molecule has 1 aromatic carbocycles. The molecule has 2 rings (SSSR count). The molecule has 8 heteroatoms. The Kier molecular flexibility index (Phi) is 4.17. The van der Waals surface area contributed by atoms with Crippen molar-refractivity contribution >= 4 is 10.0 Å². The third-order valence-electron chi connectivity index (χ3n) is 2.78. The first-order chi connectivity index (χ1) is 9.44. The summed E-state index contributed by atoms with van der Waals surface area (Å²) in [6, 6.07) is 5.73. The fourth-order valence-corrected chi connectivity index (χ4v) is 3.25.